The van der Waals surface area contributed by atoms with Crippen LogP contribution < -0.4 is 11.1 Å². The summed E-state index contributed by atoms with van der Waals surface area (Å²) < 4.78 is 0. The lowest BCUT2D eigenvalue weighted by Gasteiger charge is -2.28. The Labute approximate surface area is 93.7 Å². The SMILES string of the molecule is NCC1CCNC(c2ccc(C=O)s2)C1. The van der Waals surface area contributed by atoms with Crippen LogP contribution in [0.5, 0.6) is 0 Å². The fraction of sp³-hybridized carbons (Fsp3) is 0.545. The summed E-state index contributed by atoms with van der Waals surface area (Å²) in [6.45, 7) is 1.80. The number of hydrogen-bond donors (Lipinski definition) is 2. The molecular weight excluding hydrogens is 208 g/mol. The third-order valence-electron chi connectivity index (χ3n) is 2.95. The second kappa shape index (κ2) is 4.88. The molecule has 15 heavy (non-hydrogen) atoms. The van der Waals surface area contributed by atoms with Gasteiger partial charge in [0.05, 0.1) is 4.88 Å². The first kappa shape index (κ1) is 10.8. The molecule has 1 aliphatic rings. The monoisotopic (exact) mass is 224 g/mol. The van der Waals surface area contributed by atoms with E-state index in [1.54, 1.807) is 11.3 Å². The van der Waals surface area contributed by atoms with Gasteiger partial charge in [0.15, 0.2) is 6.29 Å². The van der Waals surface area contributed by atoms with Crippen LogP contribution in [0.25, 0.3) is 0 Å². The van der Waals surface area contributed by atoms with Crippen LogP contribution in [0.1, 0.15) is 33.4 Å². The Morgan fingerprint density at radius 2 is 2.47 bits per heavy atom. The molecule has 3 N–H and O–H groups in total. The fourth-order valence-corrected chi connectivity index (χ4v) is 2.96. The molecule has 2 atom stereocenters. The lowest BCUT2D eigenvalue weighted by atomic mass is 9.92. The van der Waals surface area contributed by atoms with Crippen LogP contribution in [0.3, 0.4) is 0 Å². The summed E-state index contributed by atoms with van der Waals surface area (Å²) >= 11 is 1.58. The summed E-state index contributed by atoms with van der Waals surface area (Å²) in [5, 5.41) is 3.48. The highest BCUT2D eigenvalue weighted by Crippen LogP contribution is 2.30. The topological polar surface area (TPSA) is 55.1 Å². The zero-order chi connectivity index (χ0) is 10.7. The van der Waals surface area contributed by atoms with E-state index in [9.17, 15) is 4.79 Å². The average molecular weight is 224 g/mol. The Balaban J connectivity index is 2.06. The van der Waals surface area contributed by atoms with E-state index in [1.807, 2.05) is 12.1 Å². The lowest BCUT2D eigenvalue weighted by Crippen LogP contribution is -2.34. The van der Waals surface area contributed by atoms with E-state index in [4.69, 9.17) is 5.73 Å². The van der Waals surface area contributed by atoms with Gasteiger partial charge in [-0.2, -0.15) is 0 Å². The first-order chi connectivity index (χ1) is 7.33. The zero-order valence-electron chi connectivity index (χ0n) is 8.61. The number of carbonyl (C=O) groups is 1. The van der Waals surface area contributed by atoms with E-state index in [-0.39, 0.29) is 0 Å². The van der Waals surface area contributed by atoms with E-state index in [0.29, 0.717) is 12.0 Å². The molecule has 1 aliphatic heterocycles. The van der Waals surface area contributed by atoms with Crippen molar-refractivity contribution in [2.45, 2.75) is 18.9 Å². The largest absolute Gasteiger partial charge is 0.330 e. The first-order valence-corrected chi connectivity index (χ1v) is 6.13. The zero-order valence-corrected chi connectivity index (χ0v) is 9.43. The average Bonchev–Trinajstić information content (AvgIpc) is 2.78. The Morgan fingerprint density at radius 3 is 3.13 bits per heavy atom. The summed E-state index contributed by atoms with van der Waals surface area (Å²) in [6.07, 6.45) is 3.17. The van der Waals surface area contributed by atoms with Crippen molar-refractivity contribution >= 4 is 17.6 Å². The molecule has 2 rings (SSSR count). The standard InChI is InChI=1S/C11H16N2OS/c12-6-8-3-4-13-10(5-8)11-2-1-9(7-14)15-11/h1-2,7-8,10,13H,3-6,12H2. The molecule has 0 amide bonds. The minimum Gasteiger partial charge on any atom is -0.330 e. The van der Waals surface area contributed by atoms with Crippen LogP contribution in [0.2, 0.25) is 0 Å². The Morgan fingerprint density at radius 1 is 1.60 bits per heavy atom. The quantitative estimate of drug-likeness (QED) is 0.766. The highest BCUT2D eigenvalue weighted by Gasteiger charge is 2.22. The first-order valence-electron chi connectivity index (χ1n) is 5.32. The van der Waals surface area contributed by atoms with Gasteiger partial charge in [-0.25, -0.2) is 0 Å². The lowest BCUT2D eigenvalue weighted by molar-refractivity contribution is 0.112. The van der Waals surface area contributed by atoms with E-state index in [2.05, 4.69) is 5.32 Å². The van der Waals surface area contributed by atoms with E-state index in [1.165, 1.54) is 11.3 Å². The van der Waals surface area contributed by atoms with Gasteiger partial charge in [-0.15, -0.1) is 11.3 Å². The molecule has 2 heterocycles. The number of nitrogens with one attached hydrogen (secondary N) is 1. The smallest absolute Gasteiger partial charge is 0.160 e. The molecule has 0 spiro atoms. The minimum atomic E-state index is 0.394. The van der Waals surface area contributed by atoms with Gasteiger partial charge in [-0.1, -0.05) is 0 Å². The van der Waals surface area contributed by atoms with Crippen molar-refractivity contribution in [3.8, 4) is 0 Å². The molecule has 1 fully saturated rings. The molecule has 0 bridgehead atoms. The number of aldehydes is 1. The number of piperidine rings is 1. The highest BCUT2D eigenvalue weighted by molar-refractivity contribution is 7.13. The molecule has 1 saturated heterocycles. The Bertz CT molecular complexity index is 337. The summed E-state index contributed by atoms with van der Waals surface area (Å²) in [6, 6.07) is 4.33. The maximum atomic E-state index is 10.6. The van der Waals surface area contributed by atoms with Crippen molar-refractivity contribution in [1.29, 1.82) is 0 Å². The van der Waals surface area contributed by atoms with Crippen molar-refractivity contribution in [3.63, 3.8) is 0 Å². The molecular formula is C11H16N2OS. The van der Waals surface area contributed by atoms with E-state index >= 15 is 0 Å². The minimum absolute atomic E-state index is 0.394. The molecule has 0 aliphatic carbocycles. The van der Waals surface area contributed by atoms with E-state index < -0.39 is 0 Å². The predicted molar refractivity (Wildman–Crippen MR) is 62.2 cm³/mol. The van der Waals surface area contributed by atoms with Crippen molar-refractivity contribution in [2.75, 3.05) is 13.1 Å². The van der Waals surface area contributed by atoms with E-state index in [0.717, 1.165) is 30.7 Å². The molecule has 1 aromatic rings. The fourth-order valence-electron chi connectivity index (χ4n) is 2.05. The summed E-state index contributed by atoms with van der Waals surface area (Å²) in [4.78, 5) is 12.7. The van der Waals surface area contributed by atoms with Crippen LogP contribution in [0.4, 0.5) is 0 Å². The summed E-state index contributed by atoms with van der Waals surface area (Å²) in [5.74, 6) is 0.623. The molecule has 3 nitrogen and oxygen atoms in total. The van der Waals surface area contributed by atoms with Gasteiger partial charge in [0.2, 0.25) is 0 Å². The predicted octanol–water partition coefficient (Wildman–Crippen LogP) is 1.56. The molecule has 0 saturated carbocycles. The molecule has 4 heteroatoms. The van der Waals surface area contributed by atoms with Crippen LogP contribution in [0.15, 0.2) is 12.1 Å². The molecule has 1 aromatic heterocycles. The third kappa shape index (κ3) is 2.45. The summed E-state index contributed by atoms with van der Waals surface area (Å²) in [7, 11) is 0. The number of carbonyl (C=O) groups excluding carboxylic acids is 1. The van der Waals surface area contributed by atoms with Gasteiger partial charge in [-0.05, 0) is 44.0 Å². The second-order valence-electron chi connectivity index (χ2n) is 3.99. The maximum Gasteiger partial charge on any atom is 0.160 e. The van der Waals surface area contributed by atoms with Gasteiger partial charge in [-0.3, -0.25) is 4.79 Å². The van der Waals surface area contributed by atoms with Crippen LogP contribution >= 0.6 is 11.3 Å². The molecule has 0 radical (unpaired) electrons. The van der Waals surface area contributed by atoms with Gasteiger partial charge >= 0.3 is 0 Å². The number of rotatable bonds is 3. The number of nitrogens with two attached hydrogens (primary N) is 1. The van der Waals surface area contributed by atoms with Crippen molar-refractivity contribution in [3.05, 3.63) is 21.9 Å². The second-order valence-corrected chi connectivity index (χ2v) is 5.14. The molecule has 82 valence electrons. The van der Waals surface area contributed by atoms with Gasteiger partial charge in [0.1, 0.15) is 0 Å². The summed E-state index contributed by atoms with van der Waals surface area (Å²) in [5.41, 5.74) is 5.69. The van der Waals surface area contributed by atoms with Gasteiger partial charge in [0.25, 0.3) is 0 Å². The van der Waals surface area contributed by atoms with Crippen molar-refractivity contribution in [2.24, 2.45) is 11.7 Å². The molecule has 0 aromatic carbocycles. The van der Waals surface area contributed by atoms with Crippen LogP contribution in [0, 0.1) is 5.92 Å². The van der Waals surface area contributed by atoms with Crippen LogP contribution in [-0.2, 0) is 0 Å². The number of hydrogen-bond acceptors (Lipinski definition) is 4. The maximum absolute atomic E-state index is 10.6. The van der Waals surface area contributed by atoms with Crippen molar-refractivity contribution in [1.82, 2.24) is 5.32 Å². The van der Waals surface area contributed by atoms with Crippen molar-refractivity contribution < 1.29 is 4.79 Å². The van der Waals surface area contributed by atoms with Crippen LogP contribution in [-0.4, -0.2) is 19.4 Å². The Kier molecular flexibility index (Phi) is 3.51. The number of thiophene rings is 1. The normalized spacial score (nSPS) is 26.5. The van der Waals surface area contributed by atoms with Gasteiger partial charge in [0, 0.05) is 10.9 Å². The highest BCUT2D eigenvalue weighted by atomic mass is 32.1. The third-order valence-corrected chi connectivity index (χ3v) is 4.08. The Hall–Kier alpha value is -0.710. The van der Waals surface area contributed by atoms with Gasteiger partial charge < -0.3 is 11.1 Å². The molecule has 2 unspecified atom stereocenters.